The van der Waals surface area contributed by atoms with Crippen molar-refractivity contribution in [3.8, 4) is 0 Å². The van der Waals surface area contributed by atoms with Crippen LogP contribution in [-0.2, 0) is 19.0 Å². The van der Waals surface area contributed by atoms with Gasteiger partial charge in [-0.1, -0.05) is 20.8 Å². The zero-order valence-corrected chi connectivity index (χ0v) is 13.4. The zero-order valence-electron chi connectivity index (χ0n) is 13.4. The summed E-state index contributed by atoms with van der Waals surface area (Å²) in [6.07, 6.45) is -0.396. The second kappa shape index (κ2) is 11.1. The molecule has 120 valence electrons. The third-order valence-corrected chi connectivity index (χ3v) is 3.16. The van der Waals surface area contributed by atoms with E-state index in [0.29, 0.717) is 32.3 Å². The van der Waals surface area contributed by atoms with Gasteiger partial charge in [-0.3, -0.25) is 4.79 Å². The van der Waals surface area contributed by atoms with Gasteiger partial charge in [-0.05, 0) is 19.8 Å². The number of aliphatic carboxylic acids is 1. The van der Waals surface area contributed by atoms with Crippen molar-refractivity contribution in [2.75, 3.05) is 26.4 Å². The van der Waals surface area contributed by atoms with Gasteiger partial charge in [0.25, 0.3) is 0 Å². The Kier molecular flexibility index (Phi) is 10.7. The van der Waals surface area contributed by atoms with Crippen LogP contribution in [0.15, 0.2) is 0 Å². The Labute approximate surface area is 122 Å². The molecule has 0 aliphatic carbocycles. The minimum Gasteiger partial charge on any atom is -0.481 e. The molecule has 0 fully saturated rings. The maximum atomic E-state index is 10.9. The van der Waals surface area contributed by atoms with Crippen LogP contribution in [0.2, 0.25) is 0 Å². The molecule has 0 spiro atoms. The van der Waals surface area contributed by atoms with E-state index in [1.807, 2.05) is 20.8 Å². The molecular weight excluding hydrogens is 260 g/mol. The molecule has 0 rings (SSSR count). The van der Waals surface area contributed by atoms with E-state index in [9.17, 15) is 4.79 Å². The van der Waals surface area contributed by atoms with Crippen LogP contribution >= 0.6 is 0 Å². The van der Waals surface area contributed by atoms with Crippen molar-refractivity contribution < 1.29 is 24.1 Å². The van der Waals surface area contributed by atoms with Gasteiger partial charge in [0.05, 0.1) is 31.8 Å². The van der Waals surface area contributed by atoms with Crippen LogP contribution in [0.4, 0.5) is 0 Å². The largest absolute Gasteiger partial charge is 0.481 e. The lowest BCUT2D eigenvalue weighted by atomic mass is 9.96. The number of carboxylic acid groups (broad SMARTS) is 1. The van der Waals surface area contributed by atoms with Gasteiger partial charge >= 0.3 is 5.97 Å². The average Bonchev–Trinajstić information content (AvgIpc) is 2.38. The summed E-state index contributed by atoms with van der Waals surface area (Å²) in [6.45, 7) is 12.2. The van der Waals surface area contributed by atoms with Crippen molar-refractivity contribution in [1.29, 1.82) is 0 Å². The summed E-state index contributed by atoms with van der Waals surface area (Å²) in [5.41, 5.74) is 0. The summed E-state index contributed by atoms with van der Waals surface area (Å²) in [5.74, 6) is -0.373. The van der Waals surface area contributed by atoms with E-state index in [-0.39, 0.29) is 24.5 Å². The Hall–Kier alpha value is -0.650. The van der Waals surface area contributed by atoms with Gasteiger partial charge in [0.1, 0.15) is 0 Å². The summed E-state index contributed by atoms with van der Waals surface area (Å²) in [4.78, 5) is 10.9. The van der Waals surface area contributed by atoms with Crippen molar-refractivity contribution in [2.45, 2.75) is 53.2 Å². The molecule has 0 saturated heterocycles. The first-order chi connectivity index (χ1) is 9.38. The Balaban J connectivity index is 4.30. The van der Waals surface area contributed by atoms with Gasteiger partial charge in [-0.15, -0.1) is 0 Å². The standard InChI is InChI=1S/C15H30O5/c1-6-18-7-8-19-14(9-15(16)17)12(4)13(5)20-10-11(2)3/h11-14H,6-10H2,1-5H3,(H,16,17). The molecule has 0 aliphatic heterocycles. The summed E-state index contributed by atoms with van der Waals surface area (Å²) in [5, 5.41) is 8.98. The first-order valence-corrected chi connectivity index (χ1v) is 7.41. The van der Waals surface area contributed by atoms with Gasteiger partial charge in [0.15, 0.2) is 0 Å². The van der Waals surface area contributed by atoms with Gasteiger partial charge in [0.2, 0.25) is 0 Å². The van der Waals surface area contributed by atoms with Crippen molar-refractivity contribution >= 4 is 5.97 Å². The van der Waals surface area contributed by atoms with Crippen molar-refractivity contribution in [3.05, 3.63) is 0 Å². The van der Waals surface area contributed by atoms with E-state index in [4.69, 9.17) is 19.3 Å². The highest BCUT2D eigenvalue weighted by Gasteiger charge is 2.26. The molecule has 0 bridgehead atoms. The topological polar surface area (TPSA) is 65.0 Å². The van der Waals surface area contributed by atoms with Crippen molar-refractivity contribution in [3.63, 3.8) is 0 Å². The smallest absolute Gasteiger partial charge is 0.305 e. The molecule has 5 heteroatoms. The van der Waals surface area contributed by atoms with Gasteiger partial charge in [-0.2, -0.15) is 0 Å². The van der Waals surface area contributed by atoms with Crippen LogP contribution in [0.5, 0.6) is 0 Å². The fourth-order valence-corrected chi connectivity index (χ4v) is 1.77. The maximum Gasteiger partial charge on any atom is 0.305 e. The lowest BCUT2D eigenvalue weighted by molar-refractivity contribution is -0.143. The monoisotopic (exact) mass is 290 g/mol. The molecule has 3 unspecified atom stereocenters. The van der Waals surface area contributed by atoms with Crippen molar-refractivity contribution in [1.82, 2.24) is 0 Å². The number of hydrogen-bond donors (Lipinski definition) is 1. The fraction of sp³-hybridized carbons (Fsp3) is 0.933. The molecular formula is C15H30O5. The highest BCUT2D eigenvalue weighted by molar-refractivity contribution is 5.67. The number of carbonyl (C=O) groups is 1. The van der Waals surface area contributed by atoms with Crippen molar-refractivity contribution in [2.24, 2.45) is 11.8 Å². The highest BCUT2D eigenvalue weighted by Crippen LogP contribution is 2.19. The first-order valence-electron chi connectivity index (χ1n) is 7.41. The van der Waals surface area contributed by atoms with E-state index >= 15 is 0 Å². The van der Waals surface area contributed by atoms with Crippen LogP contribution in [0.1, 0.15) is 41.0 Å². The van der Waals surface area contributed by atoms with Crippen LogP contribution in [0.3, 0.4) is 0 Å². The first kappa shape index (κ1) is 19.4. The fourth-order valence-electron chi connectivity index (χ4n) is 1.77. The van der Waals surface area contributed by atoms with E-state index in [1.54, 1.807) is 0 Å². The van der Waals surface area contributed by atoms with Crippen LogP contribution in [0, 0.1) is 11.8 Å². The zero-order chi connectivity index (χ0) is 15.5. The Morgan fingerprint density at radius 2 is 1.75 bits per heavy atom. The molecule has 1 N–H and O–H groups in total. The highest BCUT2D eigenvalue weighted by atomic mass is 16.5. The molecule has 0 saturated carbocycles. The molecule has 5 nitrogen and oxygen atoms in total. The minimum absolute atomic E-state index is 0.0112. The van der Waals surface area contributed by atoms with E-state index in [0.717, 1.165) is 0 Å². The number of carboxylic acids is 1. The second-order valence-corrected chi connectivity index (χ2v) is 5.50. The predicted molar refractivity (Wildman–Crippen MR) is 77.9 cm³/mol. The van der Waals surface area contributed by atoms with Gasteiger partial charge < -0.3 is 19.3 Å². The second-order valence-electron chi connectivity index (χ2n) is 5.50. The molecule has 0 amide bonds. The molecule has 0 aromatic carbocycles. The number of hydrogen-bond acceptors (Lipinski definition) is 4. The minimum atomic E-state index is -0.852. The lowest BCUT2D eigenvalue weighted by Crippen LogP contribution is -2.35. The summed E-state index contributed by atoms with van der Waals surface area (Å²) in [6, 6.07) is 0. The normalized spacial score (nSPS) is 16.1. The van der Waals surface area contributed by atoms with Crippen LogP contribution < -0.4 is 0 Å². The molecule has 0 aliphatic rings. The van der Waals surface area contributed by atoms with Gasteiger partial charge in [-0.25, -0.2) is 0 Å². The van der Waals surface area contributed by atoms with E-state index in [2.05, 4.69) is 13.8 Å². The Bertz CT molecular complexity index is 255. The molecule has 3 atom stereocenters. The molecule has 0 radical (unpaired) electrons. The van der Waals surface area contributed by atoms with E-state index in [1.165, 1.54) is 0 Å². The Morgan fingerprint density at radius 1 is 1.10 bits per heavy atom. The van der Waals surface area contributed by atoms with Gasteiger partial charge in [0, 0.05) is 19.1 Å². The number of rotatable bonds is 12. The molecule has 0 heterocycles. The van der Waals surface area contributed by atoms with Crippen LogP contribution in [-0.4, -0.2) is 49.7 Å². The number of ether oxygens (including phenoxy) is 3. The summed E-state index contributed by atoms with van der Waals surface area (Å²) < 4.78 is 16.6. The van der Waals surface area contributed by atoms with E-state index < -0.39 is 5.97 Å². The summed E-state index contributed by atoms with van der Waals surface area (Å²) in [7, 11) is 0. The quantitative estimate of drug-likeness (QED) is 0.560. The SMILES string of the molecule is CCOCCOC(CC(=O)O)C(C)C(C)OCC(C)C. The molecule has 0 aromatic heterocycles. The lowest BCUT2D eigenvalue weighted by Gasteiger charge is -2.28. The van der Waals surface area contributed by atoms with Crippen LogP contribution in [0.25, 0.3) is 0 Å². The summed E-state index contributed by atoms with van der Waals surface area (Å²) >= 11 is 0. The predicted octanol–water partition coefficient (Wildman–Crippen LogP) is 2.58. The average molecular weight is 290 g/mol. The third-order valence-electron chi connectivity index (χ3n) is 3.16. The third kappa shape index (κ3) is 9.28. The molecule has 0 aromatic rings. The molecule has 20 heavy (non-hydrogen) atoms. The maximum absolute atomic E-state index is 10.9. The Morgan fingerprint density at radius 3 is 2.25 bits per heavy atom.